The number of esters is 1. The third kappa shape index (κ3) is 5.79. The molecule has 12 nitrogen and oxygen atoms in total. The van der Waals surface area contributed by atoms with E-state index in [2.05, 4.69) is 6.92 Å². The van der Waals surface area contributed by atoms with Crippen LogP contribution in [0.25, 0.3) is 0 Å². The number of carbonyl (C=O) groups is 3. The molecule has 4 aliphatic carbocycles. The lowest BCUT2D eigenvalue weighted by molar-refractivity contribution is -0.384. The van der Waals surface area contributed by atoms with Crippen molar-refractivity contribution in [3.8, 4) is 0 Å². The number of nitrogens with zero attached hydrogens (tertiary/aromatic N) is 1. The highest BCUT2D eigenvalue weighted by atomic mass is 16.7. The highest BCUT2D eigenvalue weighted by Crippen LogP contribution is 2.70. The van der Waals surface area contributed by atoms with Crippen LogP contribution in [0.5, 0.6) is 0 Å². The van der Waals surface area contributed by atoms with Crippen LogP contribution in [-0.2, 0) is 39.9 Å². The van der Waals surface area contributed by atoms with Gasteiger partial charge in [0.1, 0.15) is 25.4 Å². The summed E-state index contributed by atoms with van der Waals surface area (Å²) >= 11 is 0. The van der Waals surface area contributed by atoms with E-state index < -0.39 is 46.6 Å². The first-order chi connectivity index (χ1) is 23.3. The van der Waals surface area contributed by atoms with Crippen molar-refractivity contribution in [2.75, 3.05) is 6.61 Å². The maximum absolute atomic E-state index is 13.4. The van der Waals surface area contributed by atoms with Crippen molar-refractivity contribution in [3.63, 3.8) is 0 Å². The Kier molecular flexibility index (Phi) is 8.72. The Morgan fingerprint density at radius 1 is 1.06 bits per heavy atom. The smallest absolute Gasteiger partial charge is 0.458 e. The predicted molar refractivity (Wildman–Crippen MR) is 173 cm³/mol. The zero-order chi connectivity index (χ0) is 34.7. The number of hydrogen-bond acceptors (Lipinski definition) is 11. The monoisotopic (exact) mass is 679 g/mol. The molecule has 0 bridgehead atoms. The van der Waals surface area contributed by atoms with E-state index in [9.17, 15) is 29.6 Å². The van der Waals surface area contributed by atoms with Gasteiger partial charge in [-0.2, -0.15) is 0 Å². The van der Waals surface area contributed by atoms with Crippen LogP contribution in [0.4, 0.5) is 10.5 Å². The first-order valence-electron chi connectivity index (χ1n) is 17.5. The van der Waals surface area contributed by atoms with Crippen molar-refractivity contribution >= 4 is 23.6 Å². The molecule has 0 aromatic heterocycles. The fourth-order valence-corrected chi connectivity index (χ4v) is 10.5. The number of benzene rings is 1. The third-order valence-electron chi connectivity index (χ3n) is 13.2. The molecule has 11 atom stereocenters. The molecule has 2 aliphatic heterocycles. The van der Waals surface area contributed by atoms with Crippen LogP contribution in [0.1, 0.15) is 77.7 Å². The molecule has 7 rings (SSSR count). The van der Waals surface area contributed by atoms with Gasteiger partial charge < -0.3 is 28.8 Å². The number of fused-ring (bicyclic) bond motifs is 5. The topological polar surface area (TPSA) is 161 Å². The summed E-state index contributed by atoms with van der Waals surface area (Å²) in [5.41, 5.74) is -0.834. The summed E-state index contributed by atoms with van der Waals surface area (Å²) < 4.78 is 29.2. The zero-order valence-corrected chi connectivity index (χ0v) is 28.2. The molecule has 1 aromatic rings. The average Bonchev–Trinajstić information content (AvgIpc) is 3.62. The number of hydrogen-bond donors (Lipinski definition) is 1. The molecule has 0 spiro atoms. The Hall–Kier alpha value is -3.61. The molecule has 1 N–H and O–H groups in total. The fraction of sp³-hybridized carbons (Fsp3) is 0.649. The maximum atomic E-state index is 13.4. The molecule has 2 heterocycles. The minimum atomic E-state index is -1.15. The van der Waals surface area contributed by atoms with Gasteiger partial charge in [-0.25, -0.2) is 9.59 Å². The van der Waals surface area contributed by atoms with Gasteiger partial charge in [0.25, 0.3) is 5.69 Å². The second-order valence-corrected chi connectivity index (χ2v) is 15.4. The summed E-state index contributed by atoms with van der Waals surface area (Å²) in [5, 5.41) is 24.0. The fourth-order valence-electron chi connectivity index (χ4n) is 10.5. The molecule has 0 amide bonds. The van der Waals surface area contributed by atoms with E-state index in [0.29, 0.717) is 30.7 Å². The molecule has 0 saturated heterocycles. The number of carbonyl (C=O) groups excluding carboxylic acids is 3. The van der Waals surface area contributed by atoms with Gasteiger partial charge in [0, 0.05) is 23.6 Å². The number of cyclic esters (lactones) is 1. The van der Waals surface area contributed by atoms with Crippen LogP contribution in [0.2, 0.25) is 0 Å². The molecule has 12 heteroatoms. The van der Waals surface area contributed by atoms with Crippen LogP contribution < -0.4 is 0 Å². The van der Waals surface area contributed by atoms with Gasteiger partial charge in [0.2, 0.25) is 0 Å². The quantitative estimate of drug-likeness (QED) is 0.213. The summed E-state index contributed by atoms with van der Waals surface area (Å²) in [6.07, 6.45) is 8.05. The number of nitro benzene ring substituents is 1. The SMILES string of the molecule is C[C@@H]1OC(O[C@H]2CC[C@@]3(C)[C@H](CC[C@@H]4[C@@H]3C[C@@H](OC(=O)OCc3ccc([N+](=O)[O-])cc3)[C@]3(C)[C@@H](C5=CC(=O)OC5)CC[C@]43O)C2)C=CC1=O. The van der Waals surface area contributed by atoms with Gasteiger partial charge in [0.15, 0.2) is 12.1 Å². The number of ketones is 1. The number of non-ortho nitro benzene ring substituents is 1. The van der Waals surface area contributed by atoms with Gasteiger partial charge in [-0.1, -0.05) is 13.8 Å². The molecule has 1 unspecified atom stereocenters. The van der Waals surface area contributed by atoms with Crippen LogP contribution in [0, 0.1) is 44.6 Å². The van der Waals surface area contributed by atoms with E-state index in [1.807, 2.05) is 6.92 Å². The van der Waals surface area contributed by atoms with E-state index >= 15 is 0 Å². The molecule has 1 aromatic carbocycles. The molecule has 264 valence electrons. The molecule has 0 radical (unpaired) electrons. The summed E-state index contributed by atoms with van der Waals surface area (Å²) in [6, 6.07) is 5.78. The summed E-state index contributed by atoms with van der Waals surface area (Å²) in [7, 11) is 0. The van der Waals surface area contributed by atoms with E-state index in [-0.39, 0.29) is 54.0 Å². The van der Waals surface area contributed by atoms with Gasteiger partial charge in [-0.15, -0.1) is 0 Å². The van der Waals surface area contributed by atoms with Gasteiger partial charge in [-0.3, -0.25) is 14.9 Å². The lowest BCUT2D eigenvalue weighted by atomic mass is 9.42. The van der Waals surface area contributed by atoms with Crippen molar-refractivity contribution in [1.82, 2.24) is 0 Å². The highest BCUT2D eigenvalue weighted by Gasteiger charge is 2.72. The second-order valence-electron chi connectivity index (χ2n) is 15.4. The van der Waals surface area contributed by atoms with Crippen LogP contribution in [0.15, 0.2) is 48.1 Å². The standard InChI is InChI=1S/C37H45NO11/c1-21-30(39)10-11-33(47-21)48-26-12-14-35(2)24(17-26)6-9-28-29(35)18-31(49-34(41)46-19-22-4-7-25(8-5-22)38(43)44)36(3)27(13-15-37(28,36)42)23-16-32(40)45-20-23/h4-5,7-8,10-11,16,21,24,26-29,31,33,42H,6,9,12-15,17-20H2,1-3H3/t21-,24+,26-,27+,28+,29-,31+,33?,35-,36-,37-/m0/s1. The lowest BCUT2D eigenvalue weighted by Gasteiger charge is -2.65. The minimum absolute atomic E-state index is 0.0210. The average molecular weight is 680 g/mol. The Bertz CT molecular complexity index is 1570. The number of ether oxygens (including phenoxy) is 5. The first kappa shape index (κ1) is 33.9. The van der Waals surface area contributed by atoms with E-state index in [1.54, 1.807) is 13.0 Å². The Labute approximate surface area is 285 Å². The van der Waals surface area contributed by atoms with Gasteiger partial charge >= 0.3 is 12.1 Å². The van der Waals surface area contributed by atoms with Gasteiger partial charge in [-0.05, 0) is 123 Å². The normalized spacial score (nSPS) is 41.2. The van der Waals surface area contributed by atoms with Crippen LogP contribution in [-0.4, -0.2) is 64.7 Å². The van der Waals surface area contributed by atoms with E-state index in [0.717, 1.165) is 37.7 Å². The molecular weight excluding hydrogens is 634 g/mol. The number of rotatable bonds is 7. The number of nitro groups is 1. The number of aliphatic hydroxyl groups is 1. The van der Waals surface area contributed by atoms with Crippen molar-refractivity contribution in [2.45, 2.75) is 109 Å². The Morgan fingerprint density at radius 2 is 1.84 bits per heavy atom. The molecular formula is C37H45NO11. The van der Waals surface area contributed by atoms with E-state index in [4.69, 9.17) is 23.7 Å². The largest absolute Gasteiger partial charge is 0.508 e. The molecule has 4 saturated carbocycles. The first-order valence-corrected chi connectivity index (χ1v) is 17.5. The van der Waals surface area contributed by atoms with Crippen molar-refractivity contribution in [1.29, 1.82) is 0 Å². The van der Waals surface area contributed by atoms with Gasteiger partial charge in [0.05, 0.1) is 16.6 Å². The second kappa shape index (κ2) is 12.6. The van der Waals surface area contributed by atoms with Crippen LogP contribution in [0.3, 0.4) is 0 Å². The van der Waals surface area contributed by atoms with Crippen LogP contribution >= 0.6 is 0 Å². The summed E-state index contributed by atoms with van der Waals surface area (Å²) in [4.78, 5) is 48.0. The summed E-state index contributed by atoms with van der Waals surface area (Å²) in [5.74, 6) is -0.318. The van der Waals surface area contributed by atoms with Crippen molar-refractivity contribution in [3.05, 3.63) is 63.7 Å². The lowest BCUT2D eigenvalue weighted by Crippen LogP contribution is -2.67. The Morgan fingerprint density at radius 3 is 2.53 bits per heavy atom. The third-order valence-corrected chi connectivity index (χ3v) is 13.2. The maximum Gasteiger partial charge on any atom is 0.508 e. The minimum Gasteiger partial charge on any atom is -0.458 e. The molecule has 6 aliphatic rings. The molecule has 49 heavy (non-hydrogen) atoms. The van der Waals surface area contributed by atoms with Crippen molar-refractivity contribution < 1.29 is 48.1 Å². The zero-order valence-electron chi connectivity index (χ0n) is 28.2. The predicted octanol–water partition coefficient (Wildman–Crippen LogP) is 5.74. The molecule has 4 fully saturated rings. The van der Waals surface area contributed by atoms with Crippen molar-refractivity contribution in [2.24, 2.45) is 34.5 Å². The van der Waals surface area contributed by atoms with E-state index in [1.165, 1.54) is 36.4 Å². The Balaban J connectivity index is 1.12. The summed E-state index contributed by atoms with van der Waals surface area (Å²) in [6.45, 7) is 6.09. The highest BCUT2D eigenvalue weighted by molar-refractivity contribution is 5.93.